The zero-order valence-electron chi connectivity index (χ0n) is 11.5. The van der Waals surface area contributed by atoms with Crippen LogP contribution in [-0.2, 0) is 4.74 Å². The van der Waals surface area contributed by atoms with Gasteiger partial charge in [0.25, 0.3) is 0 Å². The third kappa shape index (κ3) is 2.52. The minimum atomic E-state index is 0.0587. The maximum atomic E-state index is 6.44. The van der Waals surface area contributed by atoms with Crippen molar-refractivity contribution in [1.29, 1.82) is 0 Å². The van der Waals surface area contributed by atoms with Gasteiger partial charge in [-0.3, -0.25) is 0 Å². The van der Waals surface area contributed by atoms with Crippen molar-refractivity contribution in [2.75, 3.05) is 13.7 Å². The summed E-state index contributed by atoms with van der Waals surface area (Å²) in [4.78, 5) is 0. The van der Waals surface area contributed by atoms with Crippen LogP contribution in [0, 0.1) is 12.8 Å². The lowest BCUT2D eigenvalue weighted by molar-refractivity contribution is 0.0813. The zero-order valence-corrected chi connectivity index (χ0v) is 11.5. The van der Waals surface area contributed by atoms with E-state index in [1.54, 1.807) is 7.11 Å². The van der Waals surface area contributed by atoms with Crippen molar-refractivity contribution in [3.8, 4) is 5.75 Å². The van der Waals surface area contributed by atoms with Gasteiger partial charge in [-0.25, -0.2) is 0 Å². The smallest absolute Gasteiger partial charge is 0.119 e. The molecule has 1 saturated heterocycles. The van der Waals surface area contributed by atoms with E-state index in [-0.39, 0.29) is 6.04 Å². The molecule has 1 aromatic rings. The molecule has 1 heterocycles. The molecule has 0 aromatic heterocycles. The van der Waals surface area contributed by atoms with Crippen molar-refractivity contribution in [2.24, 2.45) is 11.7 Å². The summed E-state index contributed by atoms with van der Waals surface area (Å²) in [6.07, 6.45) is 2.40. The number of benzene rings is 1. The van der Waals surface area contributed by atoms with Crippen LogP contribution in [0.4, 0.5) is 0 Å². The van der Waals surface area contributed by atoms with Crippen molar-refractivity contribution >= 4 is 0 Å². The second-order valence-electron chi connectivity index (χ2n) is 5.02. The molecule has 3 unspecified atom stereocenters. The topological polar surface area (TPSA) is 44.5 Å². The van der Waals surface area contributed by atoms with E-state index < -0.39 is 0 Å². The number of hydrogen-bond acceptors (Lipinski definition) is 3. The lowest BCUT2D eigenvalue weighted by Crippen LogP contribution is -2.28. The SMILES string of the molecule is CCC1OCCC1C(N)c1ccc(OC)cc1C. The standard InChI is InChI=1S/C15H23NO2/c1-4-14-13(7-8-18-14)15(16)12-6-5-11(17-3)9-10(12)2/h5-6,9,13-15H,4,7-8,16H2,1-3H3. The molecule has 0 saturated carbocycles. The van der Waals surface area contributed by atoms with Crippen LogP contribution in [0.1, 0.15) is 36.9 Å². The van der Waals surface area contributed by atoms with Crippen LogP contribution in [0.5, 0.6) is 5.75 Å². The molecule has 1 aliphatic heterocycles. The Labute approximate surface area is 109 Å². The minimum Gasteiger partial charge on any atom is -0.497 e. The fourth-order valence-electron chi connectivity index (χ4n) is 2.88. The molecule has 0 radical (unpaired) electrons. The van der Waals surface area contributed by atoms with Gasteiger partial charge in [-0.15, -0.1) is 0 Å². The van der Waals surface area contributed by atoms with Crippen molar-refractivity contribution in [1.82, 2.24) is 0 Å². The first kappa shape index (κ1) is 13.4. The highest BCUT2D eigenvalue weighted by Gasteiger charge is 2.32. The molecule has 1 aromatic carbocycles. The number of aryl methyl sites for hydroxylation is 1. The molecule has 0 aliphatic carbocycles. The highest BCUT2D eigenvalue weighted by atomic mass is 16.5. The van der Waals surface area contributed by atoms with Crippen LogP contribution in [0.2, 0.25) is 0 Å². The van der Waals surface area contributed by atoms with Gasteiger partial charge in [0.05, 0.1) is 13.2 Å². The molecular formula is C15H23NO2. The molecule has 0 spiro atoms. The summed E-state index contributed by atoms with van der Waals surface area (Å²) in [5, 5.41) is 0. The summed E-state index contributed by atoms with van der Waals surface area (Å²) >= 11 is 0. The highest BCUT2D eigenvalue weighted by molar-refractivity contribution is 5.37. The molecule has 0 amide bonds. The number of nitrogens with two attached hydrogens (primary N) is 1. The van der Waals surface area contributed by atoms with Gasteiger partial charge in [-0.05, 0) is 43.0 Å². The van der Waals surface area contributed by atoms with Gasteiger partial charge in [-0.2, -0.15) is 0 Å². The van der Waals surface area contributed by atoms with Crippen molar-refractivity contribution in [2.45, 2.75) is 38.8 Å². The fraction of sp³-hybridized carbons (Fsp3) is 0.600. The summed E-state index contributed by atoms with van der Waals surface area (Å²) < 4.78 is 11.0. The Morgan fingerprint density at radius 2 is 2.28 bits per heavy atom. The average molecular weight is 249 g/mol. The van der Waals surface area contributed by atoms with Gasteiger partial charge in [0, 0.05) is 18.6 Å². The second kappa shape index (κ2) is 5.72. The average Bonchev–Trinajstić information content (AvgIpc) is 2.86. The molecular weight excluding hydrogens is 226 g/mol. The van der Waals surface area contributed by atoms with E-state index in [1.807, 2.05) is 12.1 Å². The summed E-state index contributed by atoms with van der Waals surface area (Å²) in [7, 11) is 1.69. The summed E-state index contributed by atoms with van der Waals surface area (Å²) in [6, 6.07) is 6.18. The number of hydrogen-bond donors (Lipinski definition) is 1. The summed E-state index contributed by atoms with van der Waals surface area (Å²) in [5.74, 6) is 1.32. The van der Waals surface area contributed by atoms with Crippen LogP contribution in [-0.4, -0.2) is 19.8 Å². The lowest BCUT2D eigenvalue weighted by Gasteiger charge is -2.25. The molecule has 1 fully saturated rings. The summed E-state index contributed by atoms with van der Waals surface area (Å²) in [5.41, 5.74) is 8.85. The molecule has 100 valence electrons. The maximum absolute atomic E-state index is 6.44. The Morgan fingerprint density at radius 1 is 1.50 bits per heavy atom. The molecule has 2 N–H and O–H groups in total. The predicted molar refractivity (Wildman–Crippen MR) is 72.8 cm³/mol. The number of methoxy groups -OCH3 is 1. The number of ether oxygens (including phenoxy) is 2. The fourth-order valence-corrected chi connectivity index (χ4v) is 2.88. The Kier molecular flexibility index (Phi) is 4.25. The molecule has 18 heavy (non-hydrogen) atoms. The van der Waals surface area contributed by atoms with E-state index >= 15 is 0 Å². The Bertz CT molecular complexity index is 405. The van der Waals surface area contributed by atoms with Gasteiger partial charge in [-0.1, -0.05) is 13.0 Å². The Balaban J connectivity index is 2.20. The molecule has 1 aliphatic rings. The van der Waals surface area contributed by atoms with Crippen LogP contribution in [0.25, 0.3) is 0 Å². The largest absolute Gasteiger partial charge is 0.497 e. The van der Waals surface area contributed by atoms with E-state index in [1.165, 1.54) is 11.1 Å². The third-order valence-corrected chi connectivity index (χ3v) is 3.96. The quantitative estimate of drug-likeness (QED) is 0.892. The molecule has 3 heteroatoms. The maximum Gasteiger partial charge on any atom is 0.119 e. The van der Waals surface area contributed by atoms with Gasteiger partial charge in [0.2, 0.25) is 0 Å². The van der Waals surface area contributed by atoms with Gasteiger partial charge < -0.3 is 15.2 Å². The van der Waals surface area contributed by atoms with Gasteiger partial charge >= 0.3 is 0 Å². The van der Waals surface area contributed by atoms with E-state index in [4.69, 9.17) is 15.2 Å². The molecule has 2 rings (SSSR count). The van der Waals surface area contributed by atoms with E-state index in [0.29, 0.717) is 12.0 Å². The molecule has 3 nitrogen and oxygen atoms in total. The van der Waals surface area contributed by atoms with E-state index in [9.17, 15) is 0 Å². The minimum absolute atomic E-state index is 0.0587. The first-order valence-corrected chi connectivity index (χ1v) is 6.69. The van der Waals surface area contributed by atoms with Gasteiger partial charge in [0.1, 0.15) is 5.75 Å². The van der Waals surface area contributed by atoms with Crippen LogP contribution in [0.3, 0.4) is 0 Å². The Morgan fingerprint density at radius 3 is 2.89 bits per heavy atom. The number of rotatable bonds is 4. The zero-order chi connectivity index (χ0) is 13.1. The van der Waals surface area contributed by atoms with E-state index in [2.05, 4.69) is 19.9 Å². The second-order valence-corrected chi connectivity index (χ2v) is 5.02. The highest BCUT2D eigenvalue weighted by Crippen LogP contribution is 2.35. The normalized spacial score (nSPS) is 25.1. The van der Waals surface area contributed by atoms with Crippen molar-refractivity contribution < 1.29 is 9.47 Å². The first-order valence-electron chi connectivity index (χ1n) is 6.69. The van der Waals surface area contributed by atoms with Gasteiger partial charge in [0.15, 0.2) is 0 Å². The molecule has 0 bridgehead atoms. The monoisotopic (exact) mass is 249 g/mol. The third-order valence-electron chi connectivity index (χ3n) is 3.96. The lowest BCUT2D eigenvalue weighted by atomic mass is 9.85. The van der Waals surface area contributed by atoms with Crippen LogP contribution in [0.15, 0.2) is 18.2 Å². The van der Waals surface area contributed by atoms with Crippen LogP contribution >= 0.6 is 0 Å². The Hall–Kier alpha value is -1.06. The van der Waals surface area contributed by atoms with Crippen LogP contribution < -0.4 is 10.5 Å². The predicted octanol–water partition coefficient (Wildman–Crippen LogP) is 2.82. The first-order chi connectivity index (χ1) is 8.67. The van der Waals surface area contributed by atoms with Crippen molar-refractivity contribution in [3.63, 3.8) is 0 Å². The van der Waals surface area contributed by atoms with E-state index in [0.717, 1.165) is 25.2 Å². The van der Waals surface area contributed by atoms with Crippen molar-refractivity contribution in [3.05, 3.63) is 29.3 Å². The molecule has 3 atom stereocenters. The summed E-state index contributed by atoms with van der Waals surface area (Å²) in [6.45, 7) is 5.09.